The quantitative estimate of drug-likeness (QED) is 0.715. The summed E-state index contributed by atoms with van der Waals surface area (Å²) in [5.74, 6) is -1.55. The van der Waals surface area contributed by atoms with Gasteiger partial charge in [0.05, 0.1) is 0 Å². The van der Waals surface area contributed by atoms with Crippen molar-refractivity contribution in [2.24, 2.45) is 0 Å². The van der Waals surface area contributed by atoms with Gasteiger partial charge >= 0.3 is 5.97 Å². The van der Waals surface area contributed by atoms with Gasteiger partial charge in [-0.3, -0.25) is 9.59 Å². The molecule has 23 heavy (non-hydrogen) atoms. The molecule has 2 atom stereocenters. The van der Waals surface area contributed by atoms with Crippen molar-refractivity contribution in [2.75, 3.05) is 6.54 Å². The van der Waals surface area contributed by atoms with E-state index in [1.165, 1.54) is 0 Å². The number of benzene rings is 1. The van der Waals surface area contributed by atoms with E-state index in [0.717, 1.165) is 5.56 Å². The monoisotopic (exact) mass is 320 g/mol. The fourth-order valence-electron chi connectivity index (χ4n) is 2.40. The zero-order valence-electron chi connectivity index (χ0n) is 12.9. The van der Waals surface area contributed by atoms with Gasteiger partial charge in [-0.1, -0.05) is 12.1 Å². The summed E-state index contributed by atoms with van der Waals surface area (Å²) >= 11 is 0. The molecule has 0 aliphatic carbocycles. The molecule has 7 nitrogen and oxygen atoms in total. The van der Waals surface area contributed by atoms with Gasteiger partial charge in [0.2, 0.25) is 5.91 Å². The van der Waals surface area contributed by atoms with E-state index in [4.69, 9.17) is 9.84 Å². The van der Waals surface area contributed by atoms with Crippen molar-refractivity contribution in [2.45, 2.75) is 38.5 Å². The van der Waals surface area contributed by atoms with E-state index in [1.54, 1.807) is 24.3 Å². The van der Waals surface area contributed by atoms with Crippen LogP contribution in [0.1, 0.15) is 35.7 Å². The average Bonchev–Trinajstić information content (AvgIpc) is 3.03. The smallest absolute Gasteiger partial charge is 0.332 e. The van der Waals surface area contributed by atoms with E-state index in [0.29, 0.717) is 24.9 Å². The largest absolute Gasteiger partial charge is 0.479 e. The highest BCUT2D eigenvalue weighted by atomic mass is 16.5. The van der Waals surface area contributed by atoms with Crippen LogP contribution in [-0.4, -0.2) is 41.6 Å². The molecular weight excluding hydrogens is 300 g/mol. The molecule has 1 fully saturated rings. The van der Waals surface area contributed by atoms with Crippen LogP contribution in [0.25, 0.3) is 0 Å². The molecule has 0 bridgehead atoms. The Hall–Kier alpha value is -2.41. The van der Waals surface area contributed by atoms with Crippen LogP contribution in [0.4, 0.5) is 0 Å². The molecule has 1 aliphatic heterocycles. The molecular formula is C16H20N2O5. The van der Waals surface area contributed by atoms with Crippen LogP contribution < -0.4 is 10.6 Å². The molecule has 1 aliphatic rings. The summed E-state index contributed by atoms with van der Waals surface area (Å²) in [5, 5.41) is 14.3. The minimum absolute atomic E-state index is 0.163. The van der Waals surface area contributed by atoms with Crippen LogP contribution in [0, 0.1) is 0 Å². The number of hydrogen-bond donors (Lipinski definition) is 3. The highest BCUT2D eigenvalue weighted by Gasteiger charge is 2.34. The Morgan fingerprint density at radius 3 is 2.61 bits per heavy atom. The Bertz CT molecular complexity index is 602. The summed E-state index contributed by atoms with van der Waals surface area (Å²) in [5.41, 5.74) is 1.32. The van der Waals surface area contributed by atoms with Crippen molar-refractivity contribution in [1.82, 2.24) is 10.6 Å². The molecule has 0 aromatic heterocycles. The third-order valence-electron chi connectivity index (χ3n) is 3.58. The molecule has 0 spiro atoms. The first-order valence-electron chi connectivity index (χ1n) is 7.54. The van der Waals surface area contributed by atoms with Gasteiger partial charge in [0.25, 0.3) is 5.91 Å². The number of aliphatic carboxylic acids is 1. The SMILES string of the molecule is CCNC(=O)c1cccc(CNC(=O)[C@@H]2CC[C@H](C(=O)O)O2)c1. The second kappa shape index (κ2) is 7.73. The fraction of sp³-hybridized carbons (Fsp3) is 0.438. The Kier molecular flexibility index (Phi) is 5.70. The summed E-state index contributed by atoms with van der Waals surface area (Å²) in [4.78, 5) is 34.6. The molecule has 1 aromatic carbocycles. The lowest BCUT2D eigenvalue weighted by Gasteiger charge is -2.12. The maximum Gasteiger partial charge on any atom is 0.332 e. The van der Waals surface area contributed by atoms with E-state index in [2.05, 4.69) is 10.6 Å². The number of ether oxygens (including phenoxy) is 1. The Morgan fingerprint density at radius 2 is 1.96 bits per heavy atom. The molecule has 2 amide bonds. The van der Waals surface area contributed by atoms with Gasteiger partial charge in [-0.15, -0.1) is 0 Å². The zero-order chi connectivity index (χ0) is 16.8. The third-order valence-corrected chi connectivity index (χ3v) is 3.58. The predicted octanol–water partition coefficient (Wildman–Crippen LogP) is 0.685. The van der Waals surface area contributed by atoms with Gasteiger partial charge in [0.15, 0.2) is 6.10 Å². The predicted molar refractivity (Wildman–Crippen MR) is 81.8 cm³/mol. The minimum atomic E-state index is -1.05. The van der Waals surface area contributed by atoms with Crippen molar-refractivity contribution in [1.29, 1.82) is 0 Å². The van der Waals surface area contributed by atoms with Crippen LogP contribution in [0.2, 0.25) is 0 Å². The third kappa shape index (κ3) is 4.53. The van der Waals surface area contributed by atoms with Gasteiger partial charge in [-0.2, -0.15) is 0 Å². The first kappa shape index (κ1) is 17.0. The molecule has 0 saturated carbocycles. The number of nitrogens with one attached hydrogen (secondary N) is 2. The molecule has 124 valence electrons. The number of carbonyl (C=O) groups is 3. The number of rotatable bonds is 6. The number of hydrogen-bond acceptors (Lipinski definition) is 4. The molecule has 2 rings (SSSR count). The van der Waals surface area contributed by atoms with Crippen molar-refractivity contribution >= 4 is 17.8 Å². The summed E-state index contributed by atoms with van der Waals surface area (Å²) in [6.45, 7) is 2.64. The number of carbonyl (C=O) groups excluding carboxylic acids is 2. The molecule has 3 N–H and O–H groups in total. The number of carboxylic acids is 1. The fourth-order valence-corrected chi connectivity index (χ4v) is 2.40. The van der Waals surface area contributed by atoms with Gasteiger partial charge in [0, 0.05) is 18.7 Å². The zero-order valence-corrected chi connectivity index (χ0v) is 12.9. The normalized spacial score (nSPS) is 20.0. The molecule has 0 unspecified atom stereocenters. The van der Waals surface area contributed by atoms with Gasteiger partial charge in [0.1, 0.15) is 6.10 Å². The number of amides is 2. The molecule has 1 aromatic rings. The lowest BCUT2D eigenvalue weighted by atomic mass is 10.1. The van der Waals surface area contributed by atoms with Crippen molar-refractivity contribution < 1.29 is 24.2 Å². The Balaban J connectivity index is 1.88. The van der Waals surface area contributed by atoms with E-state index < -0.39 is 18.2 Å². The lowest BCUT2D eigenvalue weighted by Crippen LogP contribution is -2.35. The van der Waals surface area contributed by atoms with Crippen molar-refractivity contribution in [3.05, 3.63) is 35.4 Å². The van der Waals surface area contributed by atoms with Crippen LogP contribution in [0.3, 0.4) is 0 Å². The lowest BCUT2D eigenvalue weighted by molar-refractivity contribution is -0.151. The highest BCUT2D eigenvalue weighted by Crippen LogP contribution is 2.20. The number of carboxylic acid groups (broad SMARTS) is 1. The van der Waals surface area contributed by atoms with Crippen molar-refractivity contribution in [3.8, 4) is 0 Å². The molecule has 7 heteroatoms. The summed E-state index contributed by atoms with van der Waals surface area (Å²) < 4.78 is 5.19. The molecule has 1 saturated heterocycles. The molecule has 1 heterocycles. The van der Waals surface area contributed by atoms with Crippen molar-refractivity contribution in [3.63, 3.8) is 0 Å². The first-order chi connectivity index (χ1) is 11.0. The first-order valence-corrected chi connectivity index (χ1v) is 7.54. The Labute approximate surface area is 134 Å². The minimum Gasteiger partial charge on any atom is -0.479 e. The standard InChI is InChI=1S/C16H20N2O5/c1-2-17-14(19)11-5-3-4-10(8-11)9-18-15(20)12-6-7-13(23-12)16(21)22/h3-5,8,12-13H,2,6-7,9H2,1H3,(H,17,19)(H,18,20)(H,21,22)/t12-,13+/m0/s1. The second-order valence-corrected chi connectivity index (χ2v) is 5.31. The maximum absolute atomic E-state index is 12.0. The second-order valence-electron chi connectivity index (χ2n) is 5.31. The molecule has 0 radical (unpaired) electrons. The van der Waals surface area contributed by atoms with E-state index >= 15 is 0 Å². The van der Waals surface area contributed by atoms with Gasteiger partial charge < -0.3 is 20.5 Å². The summed E-state index contributed by atoms with van der Waals surface area (Å²) in [6, 6.07) is 6.96. The van der Waals surface area contributed by atoms with Crippen LogP contribution >= 0.6 is 0 Å². The van der Waals surface area contributed by atoms with Crippen LogP contribution in [0.15, 0.2) is 24.3 Å². The summed E-state index contributed by atoms with van der Waals surface area (Å²) in [6.07, 6.45) is -0.920. The van der Waals surface area contributed by atoms with Gasteiger partial charge in [-0.05, 0) is 37.5 Å². The van der Waals surface area contributed by atoms with E-state index in [1.807, 2.05) is 6.92 Å². The highest BCUT2D eigenvalue weighted by molar-refractivity contribution is 5.94. The average molecular weight is 320 g/mol. The summed E-state index contributed by atoms with van der Waals surface area (Å²) in [7, 11) is 0. The van der Waals surface area contributed by atoms with Crippen LogP contribution in [-0.2, 0) is 20.9 Å². The Morgan fingerprint density at radius 1 is 1.22 bits per heavy atom. The van der Waals surface area contributed by atoms with Crippen LogP contribution in [0.5, 0.6) is 0 Å². The van der Waals surface area contributed by atoms with E-state index in [9.17, 15) is 14.4 Å². The van der Waals surface area contributed by atoms with E-state index in [-0.39, 0.29) is 18.4 Å². The maximum atomic E-state index is 12.0. The van der Waals surface area contributed by atoms with Gasteiger partial charge in [-0.25, -0.2) is 4.79 Å². The topological polar surface area (TPSA) is 105 Å².